The van der Waals surface area contributed by atoms with E-state index in [-0.39, 0.29) is 17.9 Å². The van der Waals surface area contributed by atoms with Gasteiger partial charge in [-0.15, -0.1) is 11.3 Å². The lowest BCUT2D eigenvalue weighted by Gasteiger charge is -2.08. The van der Waals surface area contributed by atoms with Gasteiger partial charge in [-0.3, -0.25) is 14.9 Å². The van der Waals surface area contributed by atoms with Gasteiger partial charge in [0.1, 0.15) is 11.4 Å². The number of nitrogens with zero attached hydrogens (tertiary/aromatic N) is 2. The highest BCUT2D eigenvalue weighted by Gasteiger charge is 2.14. The Morgan fingerprint density at radius 2 is 1.96 bits per heavy atom. The van der Waals surface area contributed by atoms with Crippen LogP contribution in [0.1, 0.15) is 26.5 Å². The fourth-order valence-corrected chi connectivity index (χ4v) is 3.12. The van der Waals surface area contributed by atoms with Crippen molar-refractivity contribution in [1.82, 2.24) is 9.55 Å². The molecule has 0 unspecified atom stereocenters. The van der Waals surface area contributed by atoms with Gasteiger partial charge in [0.05, 0.1) is 12.2 Å². The summed E-state index contributed by atoms with van der Waals surface area (Å²) < 4.78 is 14.4. The number of hydrogen-bond acceptors (Lipinski definition) is 4. The summed E-state index contributed by atoms with van der Waals surface area (Å²) in [6, 6.07) is 9.00. The average Bonchev–Trinajstić information content (AvgIpc) is 2.89. The van der Waals surface area contributed by atoms with E-state index in [2.05, 4.69) is 10.3 Å². The van der Waals surface area contributed by atoms with Crippen molar-refractivity contribution in [3.8, 4) is 0 Å². The molecule has 0 saturated carbocycles. The van der Waals surface area contributed by atoms with Crippen molar-refractivity contribution < 1.29 is 9.18 Å². The second kappa shape index (κ2) is 6.98. The van der Waals surface area contributed by atoms with E-state index >= 15 is 0 Å². The number of halogens is 1. The first-order chi connectivity index (χ1) is 11.9. The molecule has 2 aromatic heterocycles. The number of carbonyl (C=O) groups is 1. The molecule has 3 rings (SSSR count). The smallest absolute Gasteiger partial charge is 0.263 e. The number of aryl methyl sites for hydroxylation is 2. The van der Waals surface area contributed by atoms with Crippen molar-refractivity contribution in [3.63, 3.8) is 0 Å². The van der Waals surface area contributed by atoms with Crippen LogP contribution in [-0.2, 0) is 6.54 Å². The zero-order chi connectivity index (χ0) is 18.0. The average molecular weight is 357 g/mol. The molecule has 25 heavy (non-hydrogen) atoms. The second-order valence-corrected chi connectivity index (χ2v) is 6.80. The molecule has 1 aromatic carbocycles. The van der Waals surface area contributed by atoms with Crippen molar-refractivity contribution >= 4 is 22.4 Å². The van der Waals surface area contributed by atoms with Crippen molar-refractivity contribution in [3.05, 3.63) is 80.5 Å². The van der Waals surface area contributed by atoms with Crippen LogP contribution in [0.5, 0.6) is 0 Å². The zero-order valence-corrected chi connectivity index (χ0v) is 14.6. The molecule has 2 heterocycles. The minimum absolute atomic E-state index is 0.0371. The predicted molar refractivity (Wildman–Crippen MR) is 95.7 cm³/mol. The number of carbonyl (C=O) groups excluding carboxylic acids is 1. The summed E-state index contributed by atoms with van der Waals surface area (Å²) in [4.78, 5) is 30.2. The number of aromatic nitrogens is 2. The fourth-order valence-electron chi connectivity index (χ4n) is 2.31. The van der Waals surface area contributed by atoms with E-state index < -0.39 is 11.5 Å². The number of anilines is 1. The van der Waals surface area contributed by atoms with Crippen molar-refractivity contribution in [1.29, 1.82) is 0 Å². The normalized spacial score (nSPS) is 10.7. The van der Waals surface area contributed by atoms with Crippen LogP contribution in [0.25, 0.3) is 0 Å². The molecule has 0 aliphatic rings. The Morgan fingerprint density at radius 1 is 1.24 bits per heavy atom. The van der Waals surface area contributed by atoms with Crippen LogP contribution in [0, 0.1) is 19.7 Å². The first-order valence-corrected chi connectivity index (χ1v) is 8.45. The summed E-state index contributed by atoms with van der Waals surface area (Å²) in [7, 11) is 0. The maximum Gasteiger partial charge on any atom is 0.263 e. The van der Waals surface area contributed by atoms with E-state index in [4.69, 9.17) is 0 Å². The van der Waals surface area contributed by atoms with Gasteiger partial charge in [0, 0.05) is 11.1 Å². The monoisotopic (exact) mass is 357 g/mol. The minimum Gasteiger partial charge on any atom is -0.310 e. The molecule has 0 bridgehead atoms. The number of hydrogen-bond donors (Lipinski definition) is 1. The molecule has 128 valence electrons. The van der Waals surface area contributed by atoms with Gasteiger partial charge in [-0.25, -0.2) is 9.37 Å². The lowest BCUT2D eigenvalue weighted by Crippen LogP contribution is -2.29. The maximum atomic E-state index is 13.0. The Kier molecular flexibility index (Phi) is 4.76. The molecule has 5 nitrogen and oxygen atoms in total. The molecule has 1 N–H and O–H groups in total. The molecular weight excluding hydrogens is 341 g/mol. The molecular formula is C18H16FN3O2S. The number of pyridine rings is 1. The Bertz CT molecular complexity index is 957. The zero-order valence-electron chi connectivity index (χ0n) is 13.7. The number of thiazole rings is 1. The standard InChI is InChI=1S/C18H16FN3O2S/c1-11-12(2)25-18(20-11)21-16(23)15-4-3-9-22(17(15)24)10-13-5-7-14(19)8-6-13/h3-9H,10H2,1-2H3,(H,20,21,23). The number of nitrogens with one attached hydrogen (secondary N) is 1. The highest BCUT2D eigenvalue weighted by Crippen LogP contribution is 2.21. The molecule has 0 fully saturated rings. The third kappa shape index (κ3) is 3.83. The van der Waals surface area contributed by atoms with Crippen LogP contribution in [-0.4, -0.2) is 15.5 Å². The van der Waals surface area contributed by atoms with E-state index in [0.717, 1.165) is 16.1 Å². The van der Waals surface area contributed by atoms with Gasteiger partial charge < -0.3 is 4.57 Å². The minimum atomic E-state index is -0.493. The molecule has 0 aliphatic heterocycles. The van der Waals surface area contributed by atoms with Crippen LogP contribution < -0.4 is 10.9 Å². The van der Waals surface area contributed by atoms with E-state index in [0.29, 0.717) is 5.13 Å². The van der Waals surface area contributed by atoms with Crippen molar-refractivity contribution in [2.24, 2.45) is 0 Å². The van der Waals surface area contributed by atoms with E-state index in [1.165, 1.54) is 34.1 Å². The van der Waals surface area contributed by atoms with E-state index in [9.17, 15) is 14.0 Å². The summed E-state index contributed by atoms with van der Waals surface area (Å²) in [6.07, 6.45) is 1.60. The number of benzene rings is 1. The Morgan fingerprint density at radius 3 is 2.60 bits per heavy atom. The third-order valence-electron chi connectivity index (χ3n) is 3.78. The van der Waals surface area contributed by atoms with Crippen molar-refractivity contribution in [2.45, 2.75) is 20.4 Å². The highest BCUT2D eigenvalue weighted by molar-refractivity contribution is 7.15. The van der Waals surface area contributed by atoms with Gasteiger partial charge in [0.15, 0.2) is 5.13 Å². The molecule has 0 aliphatic carbocycles. The van der Waals surface area contributed by atoms with E-state index in [1.807, 2.05) is 13.8 Å². The summed E-state index contributed by atoms with van der Waals surface area (Å²) in [5, 5.41) is 3.13. The second-order valence-electron chi connectivity index (χ2n) is 5.60. The van der Waals surface area contributed by atoms with Crippen LogP contribution in [0.4, 0.5) is 9.52 Å². The van der Waals surface area contributed by atoms with Crippen LogP contribution in [0.3, 0.4) is 0 Å². The Labute approximate surface area is 147 Å². The van der Waals surface area contributed by atoms with Gasteiger partial charge in [-0.2, -0.15) is 0 Å². The Hall–Kier alpha value is -2.80. The predicted octanol–water partition coefficient (Wildman–Crippen LogP) is 3.36. The summed E-state index contributed by atoms with van der Waals surface area (Å²) in [5.41, 5.74) is 1.25. The highest BCUT2D eigenvalue weighted by atomic mass is 32.1. The molecule has 0 saturated heterocycles. The van der Waals surface area contributed by atoms with Crippen LogP contribution >= 0.6 is 11.3 Å². The molecule has 1 amide bonds. The molecule has 0 radical (unpaired) electrons. The number of amides is 1. The van der Waals surface area contributed by atoms with Gasteiger partial charge in [-0.05, 0) is 43.7 Å². The summed E-state index contributed by atoms with van der Waals surface area (Å²) >= 11 is 1.36. The first-order valence-electron chi connectivity index (χ1n) is 7.63. The summed E-state index contributed by atoms with van der Waals surface area (Å²) in [6.45, 7) is 4.04. The lowest BCUT2D eigenvalue weighted by molar-refractivity contribution is 0.102. The fraction of sp³-hybridized carbons (Fsp3) is 0.167. The van der Waals surface area contributed by atoms with Gasteiger partial charge >= 0.3 is 0 Å². The molecule has 0 atom stereocenters. The van der Waals surface area contributed by atoms with E-state index in [1.54, 1.807) is 24.4 Å². The molecule has 3 aromatic rings. The molecule has 0 spiro atoms. The quantitative estimate of drug-likeness (QED) is 0.779. The largest absolute Gasteiger partial charge is 0.310 e. The SMILES string of the molecule is Cc1nc(NC(=O)c2cccn(Cc3ccc(F)cc3)c2=O)sc1C. The molecule has 7 heteroatoms. The summed E-state index contributed by atoms with van der Waals surface area (Å²) in [5.74, 6) is -0.828. The van der Waals surface area contributed by atoms with Crippen LogP contribution in [0.2, 0.25) is 0 Å². The van der Waals surface area contributed by atoms with Crippen molar-refractivity contribution in [2.75, 3.05) is 5.32 Å². The Balaban J connectivity index is 1.83. The van der Waals surface area contributed by atoms with Gasteiger partial charge in [0.2, 0.25) is 0 Å². The lowest BCUT2D eigenvalue weighted by atomic mass is 10.2. The maximum absolute atomic E-state index is 13.0. The topological polar surface area (TPSA) is 64.0 Å². The third-order valence-corrected chi connectivity index (χ3v) is 4.77. The first kappa shape index (κ1) is 17.0. The number of rotatable bonds is 4. The van der Waals surface area contributed by atoms with Crippen LogP contribution in [0.15, 0.2) is 47.4 Å². The van der Waals surface area contributed by atoms with Gasteiger partial charge in [0.25, 0.3) is 11.5 Å². The van der Waals surface area contributed by atoms with Gasteiger partial charge in [-0.1, -0.05) is 12.1 Å².